The SMILES string of the molecule is Cc1c(O)ccc2cc(C(=O)NC(=O)Nc3ccc(C(=O)NC(=O)Nc4ccccc4)cc3)ccc12. The van der Waals surface area contributed by atoms with Crippen LogP contribution in [0.4, 0.5) is 21.0 Å². The molecule has 0 fully saturated rings. The Morgan fingerprint density at radius 2 is 1.19 bits per heavy atom. The smallest absolute Gasteiger partial charge is 0.326 e. The molecular weight excluding hydrogens is 460 g/mol. The number of aryl methyl sites for hydroxylation is 1. The molecule has 180 valence electrons. The van der Waals surface area contributed by atoms with E-state index < -0.39 is 23.9 Å². The molecule has 0 atom stereocenters. The first kappa shape index (κ1) is 24.0. The largest absolute Gasteiger partial charge is 0.508 e. The van der Waals surface area contributed by atoms with Gasteiger partial charge in [0.15, 0.2) is 0 Å². The van der Waals surface area contributed by atoms with Gasteiger partial charge in [0, 0.05) is 22.5 Å². The fourth-order valence-corrected chi connectivity index (χ4v) is 3.52. The summed E-state index contributed by atoms with van der Waals surface area (Å²) in [5, 5.41) is 20.9. The predicted molar refractivity (Wildman–Crippen MR) is 136 cm³/mol. The normalized spacial score (nSPS) is 10.4. The van der Waals surface area contributed by atoms with Gasteiger partial charge >= 0.3 is 12.1 Å². The van der Waals surface area contributed by atoms with Crippen molar-refractivity contribution < 1.29 is 24.3 Å². The number of rotatable bonds is 4. The summed E-state index contributed by atoms with van der Waals surface area (Å²) in [5.74, 6) is -1.05. The fourth-order valence-electron chi connectivity index (χ4n) is 3.52. The number of carbonyl (C=O) groups excluding carboxylic acids is 4. The lowest BCUT2D eigenvalue weighted by molar-refractivity contribution is 0.0957. The molecule has 5 N–H and O–H groups in total. The minimum Gasteiger partial charge on any atom is -0.508 e. The predicted octanol–water partition coefficient (Wildman–Crippen LogP) is 4.78. The number of anilines is 2. The number of hydrogen-bond donors (Lipinski definition) is 5. The van der Waals surface area contributed by atoms with Crippen molar-refractivity contribution in [3.05, 3.63) is 102 Å². The molecule has 0 aliphatic rings. The maximum absolute atomic E-state index is 12.5. The Labute approximate surface area is 206 Å². The number of phenolic OH excluding ortho intramolecular Hbond substituents is 1. The topological polar surface area (TPSA) is 137 Å². The van der Waals surface area contributed by atoms with Gasteiger partial charge in [0.05, 0.1) is 0 Å². The minimum atomic E-state index is -0.749. The van der Waals surface area contributed by atoms with Crippen LogP contribution in [0.3, 0.4) is 0 Å². The number of imide groups is 2. The number of urea groups is 2. The van der Waals surface area contributed by atoms with E-state index in [9.17, 15) is 24.3 Å². The van der Waals surface area contributed by atoms with Gasteiger partial charge in [-0.2, -0.15) is 0 Å². The highest BCUT2D eigenvalue weighted by molar-refractivity contribution is 6.10. The number of fused-ring (bicyclic) bond motifs is 1. The lowest BCUT2D eigenvalue weighted by Gasteiger charge is -2.10. The Balaban J connectivity index is 1.32. The molecule has 36 heavy (non-hydrogen) atoms. The van der Waals surface area contributed by atoms with Crippen molar-refractivity contribution in [3.8, 4) is 5.75 Å². The van der Waals surface area contributed by atoms with Crippen LogP contribution in [-0.2, 0) is 0 Å². The van der Waals surface area contributed by atoms with Gasteiger partial charge in [-0.05, 0) is 77.9 Å². The number of aromatic hydroxyl groups is 1. The van der Waals surface area contributed by atoms with E-state index in [-0.39, 0.29) is 16.9 Å². The first-order chi connectivity index (χ1) is 17.3. The molecular formula is C27H22N4O5. The van der Waals surface area contributed by atoms with Gasteiger partial charge in [-0.3, -0.25) is 20.2 Å². The van der Waals surface area contributed by atoms with Crippen molar-refractivity contribution in [1.29, 1.82) is 0 Å². The lowest BCUT2D eigenvalue weighted by Crippen LogP contribution is -2.35. The zero-order chi connectivity index (χ0) is 25.7. The first-order valence-corrected chi connectivity index (χ1v) is 10.9. The van der Waals surface area contributed by atoms with E-state index in [0.29, 0.717) is 16.9 Å². The van der Waals surface area contributed by atoms with Crippen LogP contribution in [0.15, 0.2) is 84.9 Å². The number of benzene rings is 4. The maximum atomic E-state index is 12.5. The average molecular weight is 482 g/mol. The lowest BCUT2D eigenvalue weighted by atomic mass is 10.0. The van der Waals surface area contributed by atoms with Crippen LogP contribution < -0.4 is 21.3 Å². The molecule has 0 bridgehead atoms. The van der Waals surface area contributed by atoms with E-state index in [1.165, 1.54) is 24.3 Å². The molecule has 0 unspecified atom stereocenters. The van der Waals surface area contributed by atoms with E-state index in [1.54, 1.807) is 67.6 Å². The molecule has 6 amide bonds. The first-order valence-electron chi connectivity index (χ1n) is 10.9. The summed E-state index contributed by atoms with van der Waals surface area (Å²) >= 11 is 0. The van der Waals surface area contributed by atoms with Gasteiger partial charge in [0.2, 0.25) is 0 Å². The number of amides is 6. The van der Waals surface area contributed by atoms with Crippen LogP contribution in [0.1, 0.15) is 26.3 Å². The molecule has 4 aromatic rings. The quantitative estimate of drug-likeness (QED) is 0.285. The van der Waals surface area contributed by atoms with E-state index in [4.69, 9.17) is 0 Å². The summed E-state index contributed by atoms with van der Waals surface area (Å²) in [7, 11) is 0. The van der Waals surface area contributed by atoms with Crippen LogP contribution in [-0.4, -0.2) is 29.0 Å². The highest BCUT2D eigenvalue weighted by Crippen LogP contribution is 2.26. The summed E-state index contributed by atoms with van der Waals surface area (Å²) < 4.78 is 0. The third kappa shape index (κ3) is 5.65. The Bertz CT molecular complexity index is 1470. The third-order valence-electron chi connectivity index (χ3n) is 5.41. The van der Waals surface area contributed by atoms with Crippen LogP contribution in [0.25, 0.3) is 10.8 Å². The average Bonchev–Trinajstić information content (AvgIpc) is 2.87. The van der Waals surface area contributed by atoms with Gasteiger partial charge in [-0.1, -0.05) is 30.3 Å². The van der Waals surface area contributed by atoms with Crippen molar-refractivity contribution in [1.82, 2.24) is 10.6 Å². The number of carbonyl (C=O) groups is 4. The van der Waals surface area contributed by atoms with Crippen LogP contribution in [0, 0.1) is 6.92 Å². The zero-order valence-electron chi connectivity index (χ0n) is 19.2. The van der Waals surface area contributed by atoms with Crippen molar-refractivity contribution in [2.75, 3.05) is 10.6 Å². The Morgan fingerprint density at radius 1 is 0.639 bits per heavy atom. The Kier molecular flexibility index (Phi) is 6.92. The second kappa shape index (κ2) is 10.4. The second-order valence-electron chi connectivity index (χ2n) is 7.91. The van der Waals surface area contributed by atoms with E-state index in [0.717, 1.165) is 10.8 Å². The second-order valence-corrected chi connectivity index (χ2v) is 7.91. The Hall–Kier alpha value is -5.18. The molecule has 0 radical (unpaired) electrons. The number of nitrogens with one attached hydrogen (secondary N) is 4. The molecule has 0 aromatic heterocycles. The summed E-state index contributed by atoms with van der Waals surface area (Å²) in [6.07, 6.45) is 0. The monoisotopic (exact) mass is 482 g/mol. The van der Waals surface area contributed by atoms with Gasteiger partial charge in [-0.25, -0.2) is 9.59 Å². The van der Waals surface area contributed by atoms with Crippen molar-refractivity contribution in [2.24, 2.45) is 0 Å². The van der Waals surface area contributed by atoms with E-state index in [2.05, 4.69) is 21.3 Å². The number of para-hydroxylation sites is 1. The molecule has 0 aliphatic carbocycles. The van der Waals surface area contributed by atoms with Gasteiger partial charge < -0.3 is 15.7 Å². The summed E-state index contributed by atoms with van der Waals surface area (Å²) in [6.45, 7) is 1.78. The summed E-state index contributed by atoms with van der Waals surface area (Å²) in [6, 6.07) is 21.2. The number of hydrogen-bond acceptors (Lipinski definition) is 5. The molecule has 9 nitrogen and oxygen atoms in total. The highest BCUT2D eigenvalue weighted by Gasteiger charge is 2.14. The number of phenols is 1. The van der Waals surface area contributed by atoms with Crippen LogP contribution in [0.2, 0.25) is 0 Å². The minimum absolute atomic E-state index is 0.165. The molecule has 0 saturated heterocycles. The fraction of sp³-hybridized carbons (Fsp3) is 0.0370. The maximum Gasteiger partial charge on any atom is 0.326 e. The highest BCUT2D eigenvalue weighted by atomic mass is 16.3. The van der Waals surface area contributed by atoms with Gasteiger partial charge in [0.1, 0.15) is 5.75 Å². The van der Waals surface area contributed by atoms with Crippen LogP contribution in [0.5, 0.6) is 5.75 Å². The van der Waals surface area contributed by atoms with E-state index >= 15 is 0 Å². The van der Waals surface area contributed by atoms with Gasteiger partial charge in [0.25, 0.3) is 11.8 Å². The standard InChI is InChI=1S/C27H22N4O5/c1-16-22-13-9-19(15-18(22)10-14-23(16)32)25(34)31-27(36)29-21-11-7-17(8-12-21)24(33)30-26(35)28-20-5-3-2-4-6-20/h2-15,32H,1H3,(H2,28,30,33,35)(H2,29,31,34,36). The molecule has 4 rings (SSSR count). The molecule has 4 aromatic carbocycles. The van der Waals surface area contributed by atoms with Crippen molar-refractivity contribution in [3.63, 3.8) is 0 Å². The van der Waals surface area contributed by atoms with Gasteiger partial charge in [-0.15, -0.1) is 0 Å². The van der Waals surface area contributed by atoms with Crippen molar-refractivity contribution in [2.45, 2.75) is 6.92 Å². The molecule has 0 spiro atoms. The van der Waals surface area contributed by atoms with Crippen LogP contribution >= 0.6 is 0 Å². The molecule has 9 heteroatoms. The van der Waals surface area contributed by atoms with Crippen molar-refractivity contribution >= 4 is 46.0 Å². The van der Waals surface area contributed by atoms with E-state index in [1.807, 2.05) is 0 Å². The molecule has 0 aliphatic heterocycles. The third-order valence-corrected chi connectivity index (χ3v) is 5.41. The molecule has 0 saturated carbocycles. The molecule has 0 heterocycles. The summed E-state index contributed by atoms with van der Waals surface area (Å²) in [5.41, 5.74) is 2.07. The zero-order valence-corrected chi connectivity index (χ0v) is 19.2. The summed E-state index contributed by atoms with van der Waals surface area (Å²) in [4.78, 5) is 49.1. The Morgan fingerprint density at radius 3 is 1.83 bits per heavy atom.